The van der Waals surface area contributed by atoms with E-state index in [1.807, 2.05) is 36.4 Å². The second-order valence-electron chi connectivity index (χ2n) is 16.0. The van der Waals surface area contributed by atoms with Gasteiger partial charge in [-0.2, -0.15) is 0 Å². The summed E-state index contributed by atoms with van der Waals surface area (Å²) in [4.78, 5) is 15.3. The fourth-order valence-electron chi connectivity index (χ4n) is 9.18. The molecule has 0 fully saturated rings. The van der Waals surface area contributed by atoms with Crippen molar-refractivity contribution in [2.24, 2.45) is 0 Å². The van der Waals surface area contributed by atoms with E-state index in [0.29, 0.717) is 5.82 Å². The van der Waals surface area contributed by atoms with Crippen LogP contribution >= 0.6 is 0 Å². The van der Waals surface area contributed by atoms with Crippen molar-refractivity contribution in [3.63, 3.8) is 0 Å². The van der Waals surface area contributed by atoms with Gasteiger partial charge in [-0.3, -0.25) is 0 Å². The van der Waals surface area contributed by atoms with Gasteiger partial charge in [0.15, 0.2) is 5.82 Å². The summed E-state index contributed by atoms with van der Waals surface area (Å²) in [5, 5.41) is 5.95. The number of rotatable bonds is 7. The Balaban J connectivity index is 0.991. The first-order chi connectivity index (χ1) is 31.2. The Hall–Kier alpha value is -8.47. The predicted molar refractivity (Wildman–Crippen MR) is 262 cm³/mol. The molecule has 0 N–H and O–H groups in total. The van der Waals surface area contributed by atoms with Crippen molar-refractivity contribution in [2.45, 2.75) is 0 Å². The molecular weight excluding hydrogens is 765 g/mol. The van der Waals surface area contributed by atoms with E-state index in [0.717, 1.165) is 89.1 Å². The van der Waals surface area contributed by atoms with E-state index in [9.17, 15) is 0 Å². The van der Waals surface area contributed by atoms with Crippen LogP contribution in [0.3, 0.4) is 0 Å². The minimum atomic E-state index is 0.710. The summed E-state index contributed by atoms with van der Waals surface area (Å²) in [5.41, 5.74) is 16.0. The van der Waals surface area contributed by atoms with Crippen LogP contribution in [-0.4, -0.2) is 19.5 Å². The highest BCUT2D eigenvalue weighted by Gasteiger charge is 2.20. The van der Waals surface area contributed by atoms with Crippen LogP contribution in [0.5, 0.6) is 0 Å². The largest absolute Gasteiger partial charge is 0.309 e. The molecule has 0 radical (unpaired) electrons. The molecule has 3 heterocycles. The maximum absolute atomic E-state index is 5.27. The van der Waals surface area contributed by atoms with E-state index in [-0.39, 0.29) is 0 Å². The lowest BCUT2D eigenvalue weighted by atomic mass is 9.94. The molecule has 0 aliphatic rings. The van der Waals surface area contributed by atoms with E-state index < -0.39 is 0 Å². The lowest BCUT2D eigenvalue weighted by Crippen LogP contribution is -1.95. The van der Waals surface area contributed by atoms with E-state index in [1.165, 1.54) is 21.7 Å². The minimum Gasteiger partial charge on any atom is -0.309 e. The molecule has 294 valence electrons. The molecule has 0 saturated heterocycles. The van der Waals surface area contributed by atoms with Crippen molar-refractivity contribution in [1.29, 1.82) is 0 Å². The second kappa shape index (κ2) is 15.2. The molecule has 0 amide bonds. The molecule has 4 heteroatoms. The molecule has 0 atom stereocenters. The van der Waals surface area contributed by atoms with Gasteiger partial charge in [0.1, 0.15) is 0 Å². The summed E-state index contributed by atoms with van der Waals surface area (Å²) >= 11 is 0. The molecule has 0 spiro atoms. The zero-order valence-corrected chi connectivity index (χ0v) is 34.2. The highest BCUT2D eigenvalue weighted by atomic mass is 15.0. The number of fused-ring (bicyclic) bond motifs is 7. The van der Waals surface area contributed by atoms with Crippen molar-refractivity contribution in [2.75, 3.05) is 0 Å². The first-order valence-corrected chi connectivity index (χ1v) is 21.4. The molecule has 0 aliphatic heterocycles. The SMILES string of the molecule is c1ccc(-c2cc(-c3ccc(-c4cccc(-c5ccc6c(c5)c5c7c(ccc5n6-c5ccccc5)c(-c5ccccc5)nc5ccccc57)c4)cc3)nc(-c3ccccc3)n2)cc1. The molecule has 4 nitrogen and oxygen atoms in total. The molecule has 12 rings (SSSR count). The van der Waals surface area contributed by atoms with Crippen LogP contribution in [-0.2, 0) is 0 Å². The second-order valence-corrected chi connectivity index (χ2v) is 16.0. The molecule has 0 bridgehead atoms. The topological polar surface area (TPSA) is 43.6 Å². The Kier molecular flexibility index (Phi) is 8.79. The van der Waals surface area contributed by atoms with Crippen LogP contribution in [0, 0.1) is 0 Å². The smallest absolute Gasteiger partial charge is 0.160 e. The van der Waals surface area contributed by atoms with Crippen LogP contribution < -0.4 is 0 Å². The lowest BCUT2D eigenvalue weighted by Gasteiger charge is -2.12. The van der Waals surface area contributed by atoms with Crippen LogP contribution in [0.4, 0.5) is 0 Å². The summed E-state index contributed by atoms with van der Waals surface area (Å²) < 4.78 is 2.41. The van der Waals surface area contributed by atoms with Gasteiger partial charge in [0.05, 0.1) is 33.6 Å². The molecule has 0 unspecified atom stereocenters. The number of hydrogen-bond acceptors (Lipinski definition) is 3. The molecular formula is C59H38N4. The number of benzene rings is 9. The quantitative estimate of drug-likeness (QED) is 0.151. The van der Waals surface area contributed by atoms with Crippen molar-refractivity contribution in [3.05, 3.63) is 231 Å². The highest BCUT2D eigenvalue weighted by Crippen LogP contribution is 2.43. The molecule has 63 heavy (non-hydrogen) atoms. The normalized spacial score (nSPS) is 11.5. The van der Waals surface area contributed by atoms with Crippen molar-refractivity contribution < 1.29 is 0 Å². The van der Waals surface area contributed by atoms with Crippen molar-refractivity contribution in [3.8, 4) is 73.1 Å². The van der Waals surface area contributed by atoms with Gasteiger partial charge < -0.3 is 4.57 Å². The Morgan fingerprint density at radius 2 is 0.810 bits per heavy atom. The Bertz CT molecular complexity index is 3580. The summed E-state index contributed by atoms with van der Waals surface area (Å²) in [6.45, 7) is 0. The number of pyridine rings is 1. The number of aromatic nitrogens is 4. The van der Waals surface area contributed by atoms with Gasteiger partial charge in [-0.25, -0.2) is 15.0 Å². The number of para-hydroxylation sites is 2. The van der Waals surface area contributed by atoms with E-state index in [2.05, 4.69) is 199 Å². The van der Waals surface area contributed by atoms with Gasteiger partial charge >= 0.3 is 0 Å². The van der Waals surface area contributed by atoms with Crippen LogP contribution in [0.15, 0.2) is 231 Å². The summed E-state index contributed by atoms with van der Waals surface area (Å²) in [7, 11) is 0. The van der Waals surface area contributed by atoms with E-state index in [1.54, 1.807) is 0 Å². The van der Waals surface area contributed by atoms with Crippen LogP contribution in [0.2, 0.25) is 0 Å². The average Bonchev–Trinajstić information content (AvgIpc) is 3.71. The van der Waals surface area contributed by atoms with Crippen LogP contribution in [0.25, 0.3) is 117 Å². The molecule has 0 saturated carbocycles. The highest BCUT2D eigenvalue weighted by molar-refractivity contribution is 6.29. The van der Waals surface area contributed by atoms with E-state index >= 15 is 0 Å². The zero-order chi connectivity index (χ0) is 41.7. The summed E-state index contributed by atoms with van der Waals surface area (Å²) in [6, 6.07) is 81.6. The maximum atomic E-state index is 5.27. The van der Waals surface area contributed by atoms with Gasteiger partial charge in [-0.05, 0) is 70.8 Å². The Labute approximate surface area is 365 Å². The summed E-state index contributed by atoms with van der Waals surface area (Å²) in [5.74, 6) is 0.710. The molecule has 9 aromatic carbocycles. The first-order valence-electron chi connectivity index (χ1n) is 21.4. The van der Waals surface area contributed by atoms with Gasteiger partial charge in [-0.15, -0.1) is 0 Å². The number of nitrogens with zero attached hydrogens (tertiary/aromatic N) is 4. The summed E-state index contributed by atoms with van der Waals surface area (Å²) in [6.07, 6.45) is 0. The van der Waals surface area contributed by atoms with Crippen molar-refractivity contribution >= 4 is 43.5 Å². The third-order valence-corrected chi connectivity index (χ3v) is 12.2. The molecule has 3 aromatic heterocycles. The van der Waals surface area contributed by atoms with Gasteiger partial charge in [0.2, 0.25) is 0 Å². The fourth-order valence-corrected chi connectivity index (χ4v) is 9.18. The standard InChI is InChI=1S/C59H38N4/c1-5-16-40(17-6-1)52-38-53(62-59(61-52)43-20-9-3-10-21-43)41-30-28-39(29-31-41)44-22-15-23-45(36-44)46-32-34-54-50(37-46)57-55(63(54)47-24-11-4-12-25-47)35-33-49-56(57)48-26-13-14-27-51(48)60-58(49)42-18-7-2-8-19-42/h1-38H. The molecule has 0 aliphatic carbocycles. The van der Waals surface area contributed by atoms with E-state index in [4.69, 9.17) is 15.0 Å². The predicted octanol–water partition coefficient (Wildman–Crippen LogP) is 15.3. The molecule has 12 aromatic rings. The van der Waals surface area contributed by atoms with Crippen LogP contribution in [0.1, 0.15) is 0 Å². The third kappa shape index (κ3) is 6.44. The third-order valence-electron chi connectivity index (χ3n) is 12.2. The monoisotopic (exact) mass is 802 g/mol. The number of hydrogen-bond donors (Lipinski definition) is 0. The Morgan fingerprint density at radius 1 is 0.286 bits per heavy atom. The van der Waals surface area contributed by atoms with Gasteiger partial charge in [0, 0.05) is 54.9 Å². The lowest BCUT2D eigenvalue weighted by molar-refractivity contribution is 1.18. The zero-order valence-electron chi connectivity index (χ0n) is 34.2. The maximum Gasteiger partial charge on any atom is 0.160 e. The van der Waals surface area contributed by atoms with Crippen molar-refractivity contribution in [1.82, 2.24) is 19.5 Å². The minimum absolute atomic E-state index is 0.710. The van der Waals surface area contributed by atoms with Gasteiger partial charge in [-0.1, -0.05) is 182 Å². The fraction of sp³-hybridized carbons (Fsp3) is 0. The van der Waals surface area contributed by atoms with Gasteiger partial charge in [0.25, 0.3) is 0 Å². The Morgan fingerprint density at radius 3 is 1.52 bits per heavy atom. The average molecular weight is 803 g/mol. The first kappa shape index (κ1) is 36.4.